The third-order valence-corrected chi connectivity index (χ3v) is 4.28. The van der Waals surface area contributed by atoms with Gasteiger partial charge in [-0.05, 0) is 68.7 Å². The highest BCUT2D eigenvalue weighted by atomic mass is 16.5. The first-order valence-electron chi connectivity index (χ1n) is 8.36. The van der Waals surface area contributed by atoms with Crippen molar-refractivity contribution >= 4 is 11.8 Å². The van der Waals surface area contributed by atoms with E-state index in [1.54, 1.807) is 7.11 Å². The lowest BCUT2D eigenvalue weighted by atomic mass is 10.00. The molecule has 3 heteroatoms. The molecule has 0 atom stereocenters. The van der Waals surface area contributed by atoms with E-state index in [2.05, 4.69) is 62.5 Å². The number of benzene rings is 2. The largest absolute Gasteiger partial charge is 0.497 e. The topological polar surface area (TPSA) is 30.5 Å². The minimum absolute atomic E-state index is 0.233. The van der Waals surface area contributed by atoms with Gasteiger partial charge in [0.05, 0.1) is 7.11 Å². The molecule has 126 valence electrons. The molecule has 0 bridgehead atoms. The summed E-state index contributed by atoms with van der Waals surface area (Å²) in [5.74, 6) is 1.85. The lowest BCUT2D eigenvalue weighted by Crippen LogP contribution is -2.27. The Morgan fingerprint density at radius 2 is 1.88 bits per heavy atom. The first-order valence-corrected chi connectivity index (χ1v) is 8.36. The van der Waals surface area contributed by atoms with E-state index < -0.39 is 0 Å². The van der Waals surface area contributed by atoms with E-state index in [9.17, 15) is 0 Å². The van der Waals surface area contributed by atoms with E-state index in [-0.39, 0.29) is 5.60 Å². The van der Waals surface area contributed by atoms with Crippen molar-refractivity contribution in [3.05, 3.63) is 59.2 Å². The molecule has 1 N–H and O–H groups in total. The van der Waals surface area contributed by atoms with Gasteiger partial charge in [-0.2, -0.15) is 0 Å². The molecule has 0 radical (unpaired) electrons. The highest BCUT2D eigenvalue weighted by molar-refractivity contribution is 5.68. The van der Waals surface area contributed by atoms with Crippen molar-refractivity contribution in [2.75, 3.05) is 19.0 Å². The molecule has 0 aromatic heterocycles. The number of aryl methyl sites for hydroxylation is 1. The minimum atomic E-state index is -0.233. The lowest BCUT2D eigenvalue weighted by Gasteiger charge is -2.28. The first kappa shape index (κ1) is 16.4. The van der Waals surface area contributed by atoms with E-state index in [1.807, 2.05) is 12.1 Å². The van der Waals surface area contributed by atoms with Gasteiger partial charge >= 0.3 is 0 Å². The molecule has 0 fully saturated rings. The highest BCUT2D eigenvalue weighted by Crippen LogP contribution is 2.34. The maximum absolute atomic E-state index is 6.02. The van der Waals surface area contributed by atoms with E-state index >= 15 is 0 Å². The number of hydrogen-bond donors (Lipinski definition) is 1. The maximum atomic E-state index is 6.02. The molecule has 0 amide bonds. The van der Waals surface area contributed by atoms with Crippen molar-refractivity contribution in [1.82, 2.24) is 0 Å². The fourth-order valence-corrected chi connectivity index (χ4v) is 2.85. The summed E-state index contributed by atoms with van der Waals surface area (Å²) in [4.78, 5) is 0. The Kier molecular flexibility index (Phi) is 4.52. The van der Waals surface area contributed by atoms with Gasteiger partial charge in [0, 0.05) is 17.8 Å². The van der Waals surface area contributed by atoms with Crippen molar-refractivity contribution in [1.29, 1.82) is 0 Å². The van der Waals surface area contributed by atoms with Crippen LogP contribution in [0.4, 0.5) is 5.69 Å². The number of rotatable bonds is 5. The quantitative estimate of drug-likeness (QED) is 0.854. The number of methoxy groups -OCH3 is 1. The Labute approximate surface area is 144 Å². The van der Waals surface area contributed by atoms with E-state index in [4.69, 9.17) is 9.47 Å². The monoisotopic (exact) mass is 323 g/mol. The second kappa shape index (κ2) is 6.60. The average molecular weight is 323 g/mol. The van der Waals surface area contributed by atoms with Gasteiger partial charge in [-0.3, -0.25) is 0 Å². The van der Waals surface area contributed by atoms with Crippen LogP contribution in [0.1, 0.15) is 30.5 Å². The first-order chi connectivity index (χ1) is 11.5. The smallest absolute Gasteiger partial charge is 0.128 e. The predicted molar refractivity (Wildman–Crippen MR) is 100 cm³/mol. The van der Waals surface area contributed by atoms with Gasteiger partial charge < -0.3 is 14.8 Å². The predicted octanol–water partition coefficient (Wildman–Crippen LogP) is 4.84. The molecule has 0 saturated carbocycles. The molecule has 0 spiro atoms. The zero-order valence-electron chi connectivity index (χ0n) is 14.8. The van der Waals surface area contributed by atoms with E-state index in [0.717, 1.165) is 35.7 Å². The third-order valence-electron chi connectivity index (χ3n) is 4.28. The second-order valence-corrected chi connectivity index (χ2v) is 6.77. The van der Waals surface area contributed by atoms with Crippen LogP contribution < -0.4 is 14.8 Å². The molecule has 1 heterocycles. The molecule has 0 saturated heterocycles. The normalized spacial score (nSPS) is 14.7. The van der Waals surface area contributed by atoms with Crippen LogP contribution in [-0.4, -0.2) is 19.3 Å². The molecule has 1 aliphatic heterocycles. The summed E-state index contributed by atoms with van der Waals surface area (Å²) in [5, 5.41) is 3.54. The Bertz CT molecular complexity index is 745. The fraction of sp³-hybridized carbons (Fsp3) is 0.333. The Hall–Kier alpha value is -2.42. The van der Waals surface area contributed by atoms with Crippen LogP contribution >= 0.6 is 0 Å². The van der Waals surface area contributed by atoms with Gasteiger partial charge in [-0.15, -0.1) is 0 Å². The molecule has 3 nitrogen and oxygen atoms in total. The Balaban J connectivity index is 1.65. The molecule has 2 aromatic rings. The number of anilines is 1. The fourth-order valence-electron chi connectivity index (χ4n) is 2.85. The molecule has 2 aromatic carbocycles. The molecular formula is C21H25NO2. The van der Waals surface area contributed by atoms with Gasteiger partial charge in [-0.25, -0.2) is 0 Å². The molecule has 1 aliphatic rings. The van der Waals surface area contributed by atoms with Crippen molar-refractivity contribution < 1.29 is 9.47 Å². The van der Waals surface area contributed by atoms with Crippen LogP contribution in [0.5, 0.6) is 11.5 Å². The zero-order chi connectivity index (χ0) is 17.2. The van der Waals surface area contributed by atoms with Crippen LogP contribution in [0.2, 0.25) is 0 Å². The van der Waals surface area contributed by atoms with Crippen LogP contribution in [0.15, 0.2) is 42.5 Å². The van der Waals surface area contributed by atoms with E-state index in [0.29, 0.717) is 0 Å². The third kappa shape index (κ3) is 3.73. The van der Waals surface area contributed by atoms with Crippen LogP contribution in [0.25, 0.3) is 6.08 Å². The summed E-state index contributed by atoms with van der Waals surface area (Å²) in [6.07, 6.45) is 5.22. The molecular weight excluding hydrogens is 298 g/mol. The molecule has 0 unspecified atom stereocenters. The van der Waals surface area contributed by atoms with Crippen molar-refractivity contribution in [2.24, 2.45) is 0 Å². The van der Waals surface area contributed by atoms with Crippen LogP contribution in [-0.2, 0) is 6.42 Å². The molecule has 0 aliphatic carbocycles. The second-order valence-electron chi connectivity index (χ2n) is 6.77. The minimum Gasteiger partial charge on any atom is -0.497 e. The highest BCUT2D eigenvalue weighted by Gasteiger charge is 2.22. The SMILES string of the molecule is COc1ccc(CCNc2cc3c(cc2C)OC(C)(C)C=C3)cc1. The van der Waals surface area contributed by atoms with Crippen molar-refractivity contribution in [3.63, 3.8) is 0 Å². The standard InChI is InChI=1S/C21H25NO2/c1-15-13-20-17(9-11-21(2,3)24-20)14-19(15)22-12-10-16-5-7-18(23-4)8-6-16/h5-9,11,13-14,22H,10,12H2,1-4H3. The summed E-state index contributed by atoms with van der Waals surface area (Å²) in [5.41, 5.74) is 4.56. The summed E-state index contributed by atoms with van der Waals surface area (Å²) < 4.78 is 11.2. The van der Waals surface area contributed by atoms with Gasteiger partial charge in [0.25, 0.3) is 0 Å². The Morgan fingerprint density at radius 3 is 2.58 bits per heavy atom. The number of nitrogens with one attached hydrogen (secondary N) is 1. The van der Waals surface area contributed by atoms with Gasteiger partial charge in [-0.1, -0.05) is 18.2 Å². The summed E-state index contributed by atoms with van der Waals surface area (Å²) in [7, 11) is 1.69. The van der Waals surface area contributed by atoms with E-state index in [1.165, 1.54) is 11.1 Å². The molecule has 24 heavy (non-hydrogen) atoms. The van der Waals surface area contributed by atoms with Crippen molar-refractivity contribution in [3.8, 4) is 11.5 Å². The number of ether oxygens (including phenoxy) is 2. The average Bonchev–Trinajstić information content (AvgIpc) is 2.55. The lowest BCUT2D eigenvalue weighted by molar-refractivity contribution is 0.159. The van der Waals surface area contributed by atoms with Gasteiger partial charge in [0.2, 0.25) is 0 Å². The number of fused-ring (bicyclic) bond motifs is 1. The summed E-state index contributed by atoms with van der Waals surface area (Å²) in [6.45, 7) is 7.15. The maximum Gasteiger partial charge on any atom is 0.128 e. The number of hydrogen-bond acceptors (Lipinski definition) is 3. The summed E-state index contributed by atoms with van der Waals surface area (Å²) >= 11 is 0. The molecule has 3 rings (SSSR count). The van der Waals surface area contributed by atoms with Crippen LogP contribution in [0.3, 0.4) is 0 Å². The van der Waals surface area contributed by atoms with Crippen molar-refractivity contribution in [2.45, 2.75) is 32.8 Å². The summed E-state index contributed by atoms with van der Waals surface area (Å²) in [6, 6.07) is 12.5. The van der Waals surface area contributed by atoms with Gasteiger partial charge in [0.1, 0.15) is 17.1 Å². The Morgan fingerprint density at radius 1 is 1.12 bits per heavy atom. The van der Waals surface area contributed by atoms with Gasteiger partial charge in [0.15, 0.2) is 0 Å². The van der Waals surface area contributed by atoms with Crippen LogP contribution in [0, 0.1) is 6.92 Å². The zero-order valence-corrected chi connectivity index (χ0v) is 14.8.